The van der Waals surface area contributed by atoms with E-state index in [1.807, 2.05) is 24.3 Å². The Morgan fingerprint density at radius 1 is 1.12 bits per heavy atom. The second kappa shape index (κ2) is 7.36. The van der Waals surface area contributed by atoms with Crippen molar-refractivity contribution in [2.75, 3.05) is 13.7 Å². The number of nitrogens with zero attached hydrogens (tertiary/aromatic N) is 4. The third-order valence-corrected chi connectivity index (χ3v) is 3.60. The average molecular weight is 323 g/mol. The van der Waals surface area contributed by atoms with E-state index in [4.69, 9.17) is 4.74 Å². The molecule has 7 nitrogen and oxygen atoms in total. The van der Waals surface area contributed by atoms with Gasteiger partial charge in [0.15, 0.2) is 0 Å². The van der Waals surface area contributed by atoms with E-state index in [2.05, 4.69) is 20.8 Å². The van der Waals surface area contributed by atoms with Crippen LogP contribution in [0.15, 0.2) is 54.9 Å². The molecule has 7 heteroatoms. The van der Waals surface area contributed by atoms with Crippen molar-refractivity contribution >= 4 is 5.91 Å². The van der Waals surface area contributed by atoms with Crippen LogP contribution in [-0.2, 0) is 6.42 Å². The van der Waals surface area contributed by atoms with Crippen LogP contribution in [-0.4, -0.2) is 39.8 Å². The second-order valence-corrected chi connectivity index (χ2v) is 5.16. The van der Waals surface area contributed by atoms with Gasteiger partial charge in [-0.3, -0.25) is 4.79 Å². The molecule has 0 fully saturated rings. The summed E-state index contributed by atoms with van der Waals surface area (Å²) in [5.41, 5.74) is 2.54. The molecule has 0 radical (unpaired) electrons. The molecule has 0 aliphatic carbocycles. The lowest BCUT2D eigenvalue weighted by Crippen LogP contribution is -2.25. The number of methoxy groups -OCH3 is 1. The van der Waals surface area contributed by atoms with Crippen molar-refractivity contribution in [3.05, 3.63) is 66.0 Å². The van der Waals surface area contributed by atoms with Gasteiger partial charge in [-0.05, 0) is 58.8 Å². The standard InChI is InChI=1S/C17H17N5O2/c1-24-16-8-2-13(3-9-16)10-11-18-17(23)14-4-6-15(7-5-14)22-12-19-20-21-22/h2-9,12H,10-11H2,1H3,(H,18,23). The molecule has 0 aliphatic heterocycles. The first kappa shape index (κ1) is 15.7. The van der Waals surface area contributed by atoms with Gasteiger partial charge in [0.1, 0.15) is 12.1 Å². The van der Waals surface area contributed by atoms with Gasteiger partial charge in [-0.25, -0.2) is 4.68 Å². The summed E-state index contributed by atoms with van der Waals surface area (Å²) in [6.07, 6.45) is 2.27. The zero-order chi connectivity index (χ0) is 16.8. The Bertz CT molecular complexity index is 783. The summed E-state index contributed by atoms with van der Waals surface area (Å²) in [5.74, 6) is 0.720. The number of tetrazole rings is 1. The number of aromatic nitrogens is 4. The lowest BCUT2D eigenvalue weighted by atomic mass is 10.1. The van der Waals surface area contributed by atoms with Crippen molar-refractivity contribution < 1.29 is 9.53 Å². The van der Waals surface area contributed by atoms with Crippen molar-refractivity contribution in [3.63, 3.8) is 0 Å². The van der Waals surface area contributed by atoms with Crippen molar-refractivity contribution in [1.29, 1.82) is 0 Å². The Kier molecular flexibility index (Phi) is 4.81. The number of nitrogens with one attached hydrogen (secondary N) is 1. The van der Waals surface area contributed by atoms with Crippen LogP contribution in [0.1, 0.15) is 15.9 Å². The van der Waals surface area contributed by atoms with E-state index >= 15 is 0 Å². The molecule has 122 valence electrons. The van der Waals surface area contributed by atoms with Crippen molar-refractivity contribution in [2.45, 2.75) is 6.42 Å². The molecule has 0 spiro atoms. The zero-order valence-electron chi connectivity index (χ0n) is 13.2. The van der Waals surface area contributed by atoms with E-state index in [0.717, 1.165) is 23.4 Å². The summed E-state index contributed by atoms with van der Waals surface area (Å²) in [5, 5.41) is 13.9. The van der Waals surface area contributed by atoms with Gasteiger partial charge in [0, 0.05) is 12.1 Å². The maximum Gasteiger partial charge on any atom is 0.251 e. The van der Waals surface area contributed by atoms with E-state index < -0.39 is 0 Å². The molecule has 3 rings (SSSR count). The van der Waals surface area contributed by atoms with Crippen LogP contribution in [0.25, 0.3) is 5.69 Å². The van der Waals surface area contributed by atoms with Crippen LogP contribution in [0, 0.1) is 0 Å². The third-order valence-electron chi connectivity index (χ3n) is 3.60. The van der Waals surface area contributed by atoms with Gasteiger partial charge >= 0.3 is 0 Å². The summed E-state index contributed by atoms with van der Waals surface area (Å²) >= 11 is 0. The maximum absolute atomic E-state index is 12.2. The highest BCUT2D eigenvalue weighted by Gasteiger charge is 2.06. The zero-order valence-corrected chi connectivity index (χ0v) is 13.2. The highest BCUT2D eigenvalue weighted by Crippen LogP contribution is 2.11. The van der Waals surface area contributed by atoms with Gasteiger partial charge in [0.05, 0.1) is 12.8 Å². The van der Waals surface area contributed by atoms with Gasteiger partial charge in [0.2, 0.25) is 0 Å². The number of benzene rings is 2. The Labute approximate surface area is 139 Å². The van der Waals surface area contributed by atoms with Gasteiger partial charge in [-0.1, -0.05) is 12.1 Å². The van der Waals surface area contributed by atoms with Crippen molar-refractivity contribution in [1.82, 2.24) is 25.5 Å². The third kappa shape index (κ3) is 3.75. The number of carbonyl (C=O) groups is 1. The van der Waals surface area contributed by atoms with E-state index in [9.17, 15) is 4.79 Å². The van der Waals surface area contributed by atoms with Crippen molar-refractivity contribution in [2.24, 2.45) is 0 Å². The molecule has 24 heavy (non-hydrogen) atoms. The molecule has 1 heterocycles. The fourth-order valence-corrected chi connectivity index (χ4v) is 2.26. The highest BCUT2D eigenvalue weighted by molar-refractivity contribution is 5.94. The predicted octanol–water partition coefficient (Wildman–Crippen LogP) is 1.64. The van der Waals surface area contributed by atoms with Crippen molar-refractivity contribution in [3.8, 4) is 11.4 Å². The Hall–Kier alpha value is -3.22. The van der Waals surface area contributed by atoms with Gasteiger partial charge < -0.3 is 10.1 Å². The molecule has 3 aromatic rings. The van der Waals surface area contributed by atoms with E-state index in [1.165, 1.54) is 11.0 Å². The highest BCUT2D eigenvalue weighted by atomic mass is 16.5. The minimum absolute atomic E-state index is 0.105. The summed E-state index contributed by atoms with van der Waals surface area (Å²) in [6.45, 7) is 0.569. The molecular formula is C17H17N5O2. The largest absolute Gasteiger partial charge is 0.497 e. The molecule has 0 atom stereocenters. The fourth-order valence-electron chi connectivity index (χ4n) is 2.26. The van der Waals surface area contributed by atoms with Crippen LogP contribution in [0.5, 0.6) is 5.75 Å². The fraction of sp³-hybridized carbons (Fsp3) is 0.176. The molecule has 0 saturated heterocycles. The topological polar surface area (TPSA) is 81.9 Å². The first-order valence-electron chi connectivity index (χ1n) is 7.51. The summed E-state index contributed by atoms with van der Waals surface area (Å²) in [7, 11) is 1.64. The maximum atomic E-state index is 12.2. The summed E-state index contributed by atoms with van der Waals surface area (Å²) in [6, 6.07) is 14.9. The van der Waals surface area contributed by atoms with E-state index in [0.29, 0.717) is 12.1 Å². The van der Waals surface area contributed by atoms with E-state index in [1.54, 1.807) is 31.4 Å². The number of hydrogen-bond donors (Lipinski definition) is 1. The number of hydrogen-bond acceptors (Lipinski definition) is 5. The molecule has 0 saturated carbocycles. The van der Waals surface area contributed by atoms with E-state index in [-0.39, 0.29) is 5.91 Å². The molecule has 0 unspecified atom stereocenters. The second-order valence-electron chi connectivity index (χ2n) is 5.16. The lowest BCUT2D eigenvalue weighted by molar-refractivity contribution is 0.0954. The van der Waals surface area contributed by atoms with Crippen LogP contribution in [0.3, 0.4) is 0 Å². The number of amides is 1. The van der Waals surface area contributed by atoms with Crippen LogP contribution in [0.4, 0.5) is 0 Å². The average Bonchev–Trinajstić information content (AvgIpc) is 3.17. The predicted molar refractivity (Wildman–Crippen MR) is 88.2 cm³/mol. The van der Waals surface area contributed by atoms with Gasteiger partial charge in [-0.15, -0.1) is 5.10 Å². The number of rotatable bonds is 6. The molecule has 1 aromatic heterocycles. The smallest absolute Gasteiger partial charge is 0.251 e. The number of carbonyl (C=O) groups excluding carboxylic acids is 1. The minimum atomic E-state index is -0.105. The van der Waals surface area contributed by atoms with Gasteiger partial charge in [0.25, 0.3) is 5.91 Å². The molecule has 0 aliphatic rings. The Morgan fingerprint density at radius 3 is 2.50 bits per heavy atom. The quantitative estimate of drug-likeness (QED) is 0.746. The minimum Gasteiger partial charge on any atom is -0.497 e. The monoisotopic (exact) mass is 323 g/mol. The molecule has 2 aromatic carbocycles. The van der Waals surface area contributed by atoms with Crippen LogP contribution < -0.4 is 10.1 Å². The molecule has 0 bridgehead atoms. The summed E-state index contributed by atoms with van der Waals surface area (Å²) in [4.78, 5) is 12.2. The van der Waals surface area contributed by atoms with Gasteiger partial charge in [-0.2, -0.15) is 0 Å². The van der Waals surface area contributed by atoms with Crippen LogP contribution in [0.2, 0.25) is 0 Å². The first-order chi connectivity index (χ1) is 11.8. The normalized spacial score (nSPS) is 10.4. The number of ether oxygens (including phenoxy) is 1. The summed E-state index contributed by atoms with van der Waals surface area (Å²) < 4.78 is 6.66. The Morgan fingerprint density at radius 2 is 1.88 bits per heavy atom. The SMILES string of the molecule is COc1ccc(CCNC(=O)c2ccc(-n3cnnn3)cc2)cc1. The Balaban J connectivity index is 1.53. The molecular weight excluding hydrogens is 306 g/mol. The molecule has 1 amide bonds. The lowest BCUT2D eigenvalue weighted by Gasteiger charge is -2.07. The van der Waals surface area contributed by atoms with Crippen LogP contribution >= 0.6 is 0 Å². The first-order valence-corrected chi connectivity index (χ1v) is 7.51. The molecule has 1 N–H and O–H groups in total.